The zero-order chi connectivity index (χ0) is 15.9. The van der Waals surface area contributed by atoms with Crippen molar-refractivity contribution in [3.63, 3.8) is 0 Å². The van der Waals surface area contributed by atoms with E-state index in [1.54, 1.807) is 11.3 Å². The zero-order valence-corrected chi connectivity index (χ0v) is 14.2. The van der Waals surface area contributed by atoms with E-state index >= 15 is 0 Å². The molecule has 6 heteroatoms. The third kappa shape index (κ3) is 5.40. The van der Waals surface area contributed by atoms with Crippen molar-refractivity contribution in [2.45, 2.75) is 70.9 Å². The molecule has 0 bridgehead atoms. The quantitative estimate of drug-likeness (QED) is 0.810. The lowest BCUT2D eigenvalue weighted by molar-refractivity contribution is -0.126. The minimum absolute atomic E-state index is 0.0159. The first-order chi connectivity index (χ1) is 10.5. The normalized spacial score (nSPS) is 15.2. The van der Waals surface area contributed by atoms with Gasteiger partial charge in [-0.05, 0) is 12.8 Å². The lowest BCUT2D eigenvalue weighted by Gasteiger charge is -2.11. The second kappa shape index (κ2) is 8.27. The molecule has 0 radical (unpaired) electrons. The number of hydrogen-bond donors (Lipinski definition) is 2. The Balaban J connectivity index is 1.63. The van der Waals surface area contributed by atoms with Crippen LogP contribution in [0.5, 0.6) is 0 Å². The first-order valence-electron chi connectivity index (χ1n) is 8.05. The highest BCUT2D eigenvalue weighted by Crippen LogP contribution is 2.19. The fourth-order valence-corrected chi connectivity index (χ4v) is 3.38. The van der Waals surface area contributed by atoms with E-state index in [-0.39, 0.29) is 24.7 Å². The number of nitrogens with zero attached hydrogens (tertiary/aromatic N) is 1. The van der Waals surface area contributed by atoms with Crippen LogP contribution < -0.4 is 10.6 Å². The van der Waals surface area contributed by atoms with E-state index in [0.29, 0.717) is 18.5 Å². The smallest absolute Gasteiger partial charge is 0.220 e. The summed E-state index contributed by atoms with van der Waals surface area (Å²) in [7, 11) is 0. The lowest BCUT2D eigenvalue weighted by atomic mass is 10.2. The predicted octanol–water partition coefficient (Wildman–Crippen LogP) is 2.72. The maximum atomic E-state index is 11.8. The molecule has 0 atom stereocenters. The number of thiazole rings is 1. The number of hydrogen-bond acceptors (Lipinski definition) is 4. The molecule has 2 rings (SSSR count). The summed E-state index contributed by atoms with van der Waals surface area (Å²) in [5, 5.41) is 8.88. The van der Waals surface area contributed by atoms with Crippen LogP contribution in [0.2, 0.25) is 0 Å². The number of carbonyl (C=O) groups is 2. The monoisotopic (exact) mass is 323 g/mol. The van der Waals surface area contributed by atoms with Crippen LogP contribution in [0.25, 0.3) is 0 Å². The van der Waals surface area contributed by atoms with Crippen molar-refractivity contribution in [3.05, 3.63) is 16.1 Å². The summed E-state index contributed by atoms with van der Waals surface area (Å²) in [4.78, 5) is 28.0. The van der Waals surface area contributed by atoms with Crippen LogP contribution in [-0.4, -0.2) is 22.8 Å². The van der Waals surface area contributed by atoms with Crippen LogP contribution in [0.4, 0.5) is 0 Å². The summed E-state index contributed by atoms with van der Waals surface area (Å²) in [5.74, 6) is 0.298. The summed E-state index contributed by atoms with van der Waals surface area (Å²) in [6, 6.07) is 0.319. The van der Waals surface area contributed by atoms with E-state index in [0.717, 1.165) is 23.5 Å². The highest BCUT2D eigenvalue weighted by molar-refractivity contribution is 7.09. The average molecular weight is 323 g/mol. The third-order valence-electron chi connectivity index (χ3n) is 3.83. The summed E-state index contributed by atoms with van der Waals surface area (Å²) in [6.07, 6.45) is 5.02. The van der Waals surface area contributed by atoms with Crippen molar-refractivity contribution in [1.82, 2.24) is 15.6 Å². The molecule has 22 heavy (non-hydrogen) atoms. The third-order valence-corrected chi connectivity index (χ3v) is 5.02. The van der Waals surface area contributed by atoms with Gasteiger partial charge in [0.1, 0.15) is 0 Å². The largest absolute Gasteiger partial charge is 0.353 e. The molecular formula is C16H25N3O2S. The van der Waals surface area contributed by atoms with Gasteiger partial charge < -0.3 is 10.6 Å². The molecule has 0 aliphatic heterocycles. The molecule has 122 valence electrons. The summed E-state index contributed by atoms with van der Waals surface area (Å²) in [5.41, 5.74) is 0.887. The second-order valence-corrected chi connectivity index (χ2v) is 7.05. The second-order valence-electron chi connectivity index (χ2n) is 6.16. The molecule has 1 aromatic heterocycles. The number of carbonyl (C=O) groups excluding carboxylic acids is 2. The number of rotatable bonds is 7. The minimum atomic E-state index is -0.0966. The molecule has 1 aliphatic rings. The van der Waals surface area contributed by atoms with Gasteiger partial charge in [-0.25, -0.2) is 4.98 Å². The number of aromatic nitrogens is 1. The van der Waals surface area contributed by atoms with Crippen LogP contribution in [0.1, 0.15) is 69.0 Å². The van der Waals surface area contributed by atoms with Gasteiger partial charge in [-0.15, -0.1) is 11.3 Å². The van der Waals surface area contributed by atoms with Crippen molar-refractivity contribution in [2.24, 2.45) is 0 Å². The van der Waals surface area contributed by atoms with E-state index in [4.69, 9.17) is 0 Å². The fraction of sp³-hybridized carbons (Fsp3) is 0.688. The molecule has 0 unspecified atom stereocenters. The molecular weight excluding hydrogens is 298 g/mol. The Morgan fingerprint density at radius 2 is 1.95 bits per heavy atom. The Hall–Kier alpha value is -1.43. The van der Waals surface area contributed by atoms with E-state index in [2.05, 4.69) is 29.5 Å². The van der Waals surface area contributed by atoms with Crippen LogP contribution in [0.3, 0.4) is 0 Å². The topological polar surface area (TPSA) is 71.1 Å². The van der Waals surface area contributed by atoms with E-state index in [1.807, 2.05) is 5.38 Å². The minimum Gasteiger partial charge on any atom is -0.353 e. The molecule has 0 spiro atoms. The Kier molecular flexibility index (Phi) is 6.36. The van der Waals surface area contributed by atoms with Crippen molar-refractivity contribution in [3.8, 4) is 0 Å². The molecule has 5 nitrogen and oxygen atoms in total. The van der Waals surface area contributed by atoms with Crippen molar-refractivity contribution < 1.29 is 9.59 Å². The molecule has 1 aliphatic carbocycles. The van der Waals surface area contributed by atoms with Crippen LogP contribution >= 0.6 is 11.3 Å². The fourth-order valence-electron chi connectivity index (χ4n) is 2.54. The first-order valence-corrected chi connectivity index (χ1v) is 8.93. The van der Waals surface area contributed by atoms with Gasteiger partial charge in [-0.1, -0.05) is 26.7 Å². The van der Waals surface area contributed by atoms with Gasteiger partial charge in [0.05, 0.1) is 17.2 Å². The van der Waals surface area contributed by atoms with Gasteiger partial charge in [-0.3, -0.25) is 9.59 Å². The summed E-state index contributed by atoms with van der Waals surface area (Å²) < 4.78 is 0. The van der Waals surface area contributed by atoms with Crippen molar-refractivity contribution >= 4 is 23.2 Å². The number of amides is 2. The predicted molar refractivity (Wildman–Crippen MR) is 87.7 cm³/mol. The van der Waals surface area contributed by atoms with Gasteiger partial charge in [-0.2, -0.15) is 0 Å². The average Bonchev–Trinajstić information content (AvgIpc) is 3.14. The SMILES string of the molecule is CC(C)c1nc(CNC(=O)CCC(=O)NC2CCCC2)cs1. The highest BCUT2D eigenvalue weighted by atomic mass is 32.1. The van der Waals surface area contributed by atoms with Crippen molar-refractivity contribution in [2.75, 3.05) is 0 Å². The standard InChI is InChI=1S/C16H25N3O2S/c1-11(2)16-19-13(10-22-16)9-17-14(20)7-8-15(21)18-12-5-3-4-6-12/h10-12H,3-9H2,1-2H3,(H,17,20)(H,18,21). The summed E-state index contributed by atoms with van der Waals surface area (Å²) >= 11 is 1.62. The molecule has 1 heterocycles. The van der Waals surface area contributed by atoms with Crippen LogP contribution in [0.15, 0.2) is 5.38 Å². The Morgan fingerprint density at radius 1 is 1.27 bits per heavy atom. The molecule has 0 saturated heterocycles. The van der Waals surface area contributed by atoms with Gasteiger partial charge in [0.15, 0.2) is 0 Å². The lowest BCUT2D eigenvalue weighted by Crippen LogP contribution is -2.33. The van der Waals surface area contributed by atoms with Crippen molar-refractivity contribution in [1.29, 1.82) is 0 Å². The zero-order valence-electron chi connectivity index (χ0n) is 13.4. The Bertz CT molecular complexity index is 507. The van der Waals surface area contributed by atoms with Crippen LogP contribution in [-0.2, 0) is 16.1 Å². The van der Waals surface area contributed by atoms with E-state index < -0.39 is 0 Å². The van der Waals surface area contributed by atoms with Crippen LogP contribution in [0, 0.1) is 0 Å². The highest BCUT2D eigenvalue weighted by Gasteiger charge is 2.17. The van der Waals surface area contributed by atoms with E-state index in [1.165, 1.54) is 12.8 Å². The van der Waals surface area contributed by atoms with Gasteiger partial charge in [0.2, 0.25) is 11.8 Å². The molecule has 2 N–H and O–H groups in total. The number of nitrogens with one attached hydrogen (secondary N) is 2. The Morgan fingerprint density at radius 3 is 2.59 bits per heavy atom. The molecule has 0 aromatic carbocycles. The molecule has 1 aromatic rings. The van der Waals surface area contributed by atoms with Gasteiger partial charge in [0, 0.05) is 30.2 Å². The summed E-state index contributed by atoms with van der Waals surface area (Å²) in [6.45, 7) is 4.64. The van der Waals surface area contributed by atoms with Gasteiger partial charge in [0.25, 0.3) is 0 Å². The maximum Gasteiger partial charge on any atom is 0.220 e. The molecule has 1 fully saturated rings. The first kappa shape index (κ1) is 16.9. The maximum absolute atomic E-state index is 11.8. The van der Waals surface area contributed by atoms with Gasteiger partial charge >= 0.3 is 0 Å². The Labute approximate surface area is 135 Å². The molecule has 2 amide bonds. The van der Waals surface area contributed by atoms with E-state index in [9.17, 15) is 9.59 Å². The molecule has 1 saturated carbocycles.